The first-order valence-electron chi connectivity index (χ1n) is 10.1. The molecule has 0 amide bonds. The fourth-order valence-corrected chi connectivity index (χ4v) is 5.15. The highest BCUT2D eigenvalue weighted by atomic mass is 35.5. The standard InChI is InChI=1S/C26H17ClFNO3S/c27-24-21(18-12-11-17(28)13-19(18)32-14-15-7-3-1-4-8-15)22-23(30)20(16-9-5-2-6-10-16)25(31)29-26(22)33-24/h1-13H,14H2,(H2,29,30,31). The van der Waals surface area contributed by atoms with Gasteiger partial charge in [0.15, 0.2) is 0 Å². The Kier molecular flexibility index (Phi) is 5.62. The van der Waals surface area contributed by atoms with Crippen molar-refractivity contribution in [2.24, 2.45) is 0 Å². The molecule has 0 saturated heterocycles. The minimum Gasteiger partial charge on any atom is -0.506 e. The number of ether oxygens (including phenoxy) is 1. The zero-order chi connectivity index (χ0) is 22.9. The Morgan fingerprint density at radius 3 is 2.39 bits per heavy atom. The molecule has 7 heteroatoms. The summed E-state index contributed by atoms with van der Waals surface area (Å²) in [5.41, 5.74) is 2.22. The summed E-state index contributed by atoms with van der Waals surface area (Å²) < 4.78 is 20.4. The second kappa shape index (κ2) is 8.73. The molecular weight excluding hydrogens is 461 g/mol. The summed E-state index contributed by atoms with van der Waals surface area (Å²) in [7, 11) is 0. The molecule has 5 rings (SSSR count). The number of fused-ring (bicyclic) bond motifs is 1. The van der Waals surface area contributed by atoms with E-state index in [2.05, 4.69) is 4.98 Å². The maximum atomic E-state index is 14.1. The average molecular weight is 478 g/mol. The molecule has 5 aromatic rings. The second-order valence-electron chi connectivity index (χ2n) is 7.41. The highest BCUT2D eigenvalue weighted by molar-refractivity contribution is 7.23. The third-order valence-corrected chi connectivity index (χ3v) is 6.62. The Hall–Kier alpha value is -3.61. The summed E-state index contributed by atoms with van der Waals surface area (Å²) in [5.74, 6) is -0.358. The van der Waals surface area contributed by atoms with Gasteiger partial charge in [0, 0.05) is 17.2 Å². The lowest BCUT2D eigenvalue weighted by atomic mass is 10.00. The molecule has 0 bridgehead atoms. The lowest BCUT2D eigenvalue weighted by Gasteiger charge is -2.13. The van der Waals surface area contributed by atoms with Crippen LogP contribution in [-0.4, -0.2) is 10.1 Å². The van der Waals surface area contributed by atoms with Crippen molar-refractivity contribution in [3.8, 4) is 33.8 Å². The molecule has 0 atom stereocenters. The van der Waals surface area contributed by atoms with E-state index in [1.807, 2.05) is 36.4 Å². The highest BCUT2D eigenvalue weighted by Crippen LogP contribution is 2.49. The molecule has 0 radical (unpaired) electrons. The summed E-state index contributed by atoms with van der Waals surface area (Å²) in [6.07, 6.45) is 0. The Balaban J connectivity index is 1.69. The molecule has 0 aliphatic rings. The van der Waals surface area contributed by atoms with Crippen molar-refractivity contribution < 1.29 is 14.2 Å². The summed E-state index contributed by atoms with van der Waals surface area (Å²) >= 11 is 7.72. The number of hydrogen-bond donors (Lipinski definition) is 2. The number of rotatable bonds is 5. The first-order chi connectivity index (χ1) is 16.0. The molecule has 4 nitrogen and oxygen atoms in total. The van der Waals surface area contributed by atoms with Gasteiger partial charge in [0.2, 0.25) is 0 Å². The van der Waals surface area contributed by atoms with Gasteiger partial charge in [-0.2, -0.15) is 0 Å². The highest BCUT2D eigenvalue weighted by Gasteiger charge is 2.24. The lowest BCUT2D eigenvalue weighted by molar-refractivity contribution is 0.306. The van der Waals surface area contributed by atoms with E-state index in [1.165, 1.54) is 12.1 Å². The van der Waals surface area contributed by atoms with Gasteiger partial charge in [0.1, 0.15) is 33.1 Å². The summed E-state index contributed by atoms with van der Waals surface area (Å²) in [5, 5.41) is 11.6. The molecular formula is C26H17ClFNO3S. The van der Waals surface area contributed by atoms with E-state index in [-0.39, 0.29) is 23.7 Å². The van der Waals surface area contributed by atoms with Crippen molar-refractivity contribution in [3.05, 3.63) is 105 Å². The first kappa shape index (κ1) is 21.2. The maximum Gasteiger partial charge on any atom is 0.260 e. The maximum absolute atomic E-state index is 14.1. The van der Waals surface area contributed by atoms with E-state index >= 15 is 0 Å². The van der Waals surface area contributed by atoms with Crippen LogP contribution in [-0.2, 0) is 6.61 Å². The third-order valence-electron chi connectivity index (χ3n) is 5.31. The fraction of sp³-hybridized carbons (Fsp3) is 0.0385. The quantitative estimate of drug-likeness (QED) is 0.286. The molecule has 2 N–H and O–H groups in total. The van der Waals surface area contributed by atoms with Crippen molar-refractivity contribution in [2.75, 3.05) is 0 Å². The van der Waals surface area contributed by atoms with Crippen LogP contribution in [0, 0.1) is 5.82 Å². The summed E-state index contributed by atoms with van der Waals surface area (Å²) in [6, 6.07) is 22.6. The predicted molar refractivity (Wildman–Crippen MR) is 131 cm³/mol. The minimum absolute atomic E-state index is 0.146. The van der Waals surface area contributed by atoms with E-state index in [4.69, 9.17) is 16.3 Å². The Morgan fingerprint density at radius 1 is 0.970 bits per heavy atom. The zero-order valence-corrected chi connectivity index (χ0v) is 18.7. The number of pyridine rings is 1. The number of aromatic amines is 1. The molecule has 0 unspecified atom stereocenters. The van der Waals surface area contributed by atoms with Crippen LogP contribution in [0.3, 0.4) is 0 Å². The Morgan fingerprint density at radius 2 is 1.67 bits per heavy atom. The van der Waals surface area contributed by atoms with Crippen molar-refractivity contribution >= 4 is 33.2 Å². The lowest BCUT2D eigenvalue weighted by Crippen LogP contribution is -2.08. The summed E-state index contributed by atoms with van der Waals surface area (Å²) in [4.78, 5) is 16.0. The predicted octanol–water partition coefficient (Wildman–Crippen LogP) is 7.00. The van der Waals surface area contributed by atoms with Crippen LogP contribution in [0.15, 0.2) is 83.7 Å². The number of benzene rings is 3. The Labute approximate surface area is 197 Å². The number of thiophene rings is 1. The number of aromatic nitrogens is 1. The van der Waals surface area contributed by atoms with Gasteiger partial charge < -0.3 is 14.8 Å². The minimum atomic E-state index is -0.458. The van der Waals surface area contributed by atoms with Gasteiger partial charge >= 0.3 is 0 Å². The molecule has 3 aromatic carbocycles. The van der Waals surface area contributed by atoms with Crippen molar-refractivity contribution in [1.29, 1.82) is 0 Å². The van der Waals surface area contributed by atoms with Crippen LogP contribution in [0.5, 0.6) is 11.5 Å². The number of H-pyrrole nitrogens is 1. The van der Waals surface area contributed by atoms with Gasteiger partial charge in [-0.15, -0.1) is 11.3 Å². The Bertz CT molecular complexity index is 1510. The molecule has 0 aliphatic heterocycles. The average Bonchev–Trinajstić information content (AvgIpc) is 3.15. The van der Waals surface area contributed by atoms with E-state index in [9.17, 15) is 14.3 Å². The third kappa shape index (κ3) is 3.99. The van der Waals surface area contributed by atoms with E-state index in [0.717, 1.165) is 16.9 Å². The number of nitrogens with one attached hydrogen (secondary N) is 1. The van der Waals surface area contributed by atoms with Gasteiger partial charge in [0.25, 0.3) is 5.56 Å². The number of hydrogen-bond acceptors (Lipinski definition) is 4. The van der Waals surface area contributed by atoms with Gasteiger partial charge in [-0.05, 0) is 23.3 Å². The van der Waals surface area contributed by atoms with E-state index in [0.29, 0.717) is 31.2 Å². The van der Waals surface area contributed by atoms with Crippen molar-refractivity contribution in [2.45, 2.75) is 6.61 Å². The van der Waals surface area contributed by atoms with Crippen LogP contribution in [0.4, 0.5) is 4.39 Å². The van der Waals surface area contributed by atoms with Gasteiger partial charge in [0.05, 0.1) is 10.9 Å². The molecule has 33 heavy (non-hydrogen) atoms. The van der Waals surface area contributed by atoms with Crippen molar-refractivity contribution in [1.82, 2.24) is 4.98 Å². The van der Waals surface area contributed by atoms with Crippen LogP contribution in [0.2, 0.25) is 4.34 Å². The molecule has 0 saturated carbocycles. The van der Waals surface area contributed by atoms with Gasteiger partial charge in [-0.1, -0.05) is 72.3 Å². The smallest absolute Gasteiger partial charge is 0.260 e. The van der Waals surface area contributed by atoms with Crippen LogP contribution in [0.25, 0.3) is 32.5 Å². The topological polar surface area (TPSA) is 62.3 Å². The van der Waals surface area contributed by atoms with Crippen LogP contribution < -0.4 is 10.3 Å². The monoisotopic (exact) mass is 477 g/mol. The molecule has 2 heterocycles. The number of aromatic hydroxyl groups is 1. The first-order valence-corrected chi connectivity index (χ1v) is 11.3. The zero-order valence-electron chi connectivity index (χ0n) is 17.1. The van der Waals surface area contributed by atoms with E-state index < -0.39 is 11.4 Å². The van der Waals surface area contributed by atoms with Gasteiger partial charge in [-0.25, -0.2) is 4.39 Å². The SMILES string of the molecule is O=c1[nH]c2sc(Cl)c(-c3ccc(F)cc3OCc3ccccc3)c2c(O)c1-c1ccccc1. The molecule has 2 aromatic heterocycles. The summed E-state index contributed by atoms with van der Waals surface area (Å²) in [6.45, 7) is 0.231. The van der Waals surface area contributed by atoms with E-state index in [1.54, 1.807) is 30.3 Å². The normalized spacial score (nSPS) is 11.1. The van der Waals surface area contributed by atoms with Crippen LogP contribution in [0.1, 0.15) is 5.56 Å². The second-order valence-corrected chi connectivity index (χ2v) is 9.04. The molecule has 0 aliphatic carbocycles. The largest absolute Gasteiger partial charge is 0.506 e. The molecule has 0 fully saturated rings. The molecule has 164 valence electrons. The van der Waals surface area contributed by atoms with Crippen LogP contribution >= 0.6 is 22.9 Å². The fourth-order valence-electron chi connectivity index (χ4n) is 3.79. The van der Waals surface area contributed by atoms with Gasteiger partial charge in [-0.3, -0.25) is 4.79 Å². The van der Waals surface area contributed by atoms with Crippen molar-refractivity contribution in [3.63, 3.8) is 0 Å². The number of halogens is 2. The molecule has 0 spiro atoms.